The van der Waals surface area contributed by atoms with E-state index in [0.29, 0.717) is 6.54 Å². The summed E-state index contributed by atoms with van der Waals surface area (Å²) in [7, 11) is 3.93. The zero-order chi connectivity index (χ0) is 18.1. The van der Waals surface area contributed by atoms with Crippen LogP contribution in [0.2, 0.25) is 0 Å². The van der Waals surface area contributed by atoms with Gasteiger partial charge in [-0.25, -0.2) is 9.97 Å². The first kappa shape index (κ1) is 16.8. The molecule has 5 nitrogen and oxygen atoms in total. The Labute approximate surface area is 153 Å². The Kier molecular flexibility index (Phi) is 4.47. The molecule has 0 saturated carbocycles. The van der Waals surface area contributed by atoms with E-state index in [1.54, 1.807) is 12.4 Å². The molecule has 26 heavy (non-hydrogen) atoms. The van der Waals surface area contributed by atoms with Crippen molar-refractivity contribution in [2.75, 3.05) is 37.0 Å². The van der Waals surface area contributed by atoms with E-state index < -0.39 is 6.10 Å². The van der Waals surface area contributed by atoms with Crippen LogP contribution in [0.4, 0.5) is 11.6 Å². The average molecular weight is 348 g/mol. The van der Waals surface area contributed by atoms with E-state index in [0.717, 1.165) is 24.6 Å². The number of rotatable bonds is 3. The van der Waals surface area contributed by atoms with Gasteiger partial charge in [0, 0.05) is 45.5 Å². The van der Waals surface area contributed by atoms with Gasteiger partial charge in [0.15, 0.2) is 11.6 Å². The molecule has 1 fully saturated rings. The molecule has 0 radical (unpaired) electrons. The van der Waals surface area contributed by atoms with Gasteiger partial charge < -0.3 is 14.9 Å². The van der Waals surface area contributed by atoms with E-state index in [2.05, 4.69) is 57.3 Å². The van der Waals surface area contributed by atoms with Gasteiger partial charge in [-0.1, -0.05) is 42.5 Å². The molecule has 0 amide bonds. The van der Waals surface area contributed by atoms with E-state index in [1.165, 1.54) is 16.3 Å². The summed E-state index contributed by atoms with van der Waals surface area (Å²) in [6.45, 7) is 1.42. The van der Waals surface area contributed by atoms with Crippen molar-refractivity contribution in [2.45, 2.75) is 18.4 Å². The summed E-state index contributed by atoms with van der Waals surface area (Å²) < 4.78 is 0. The van der Waals surface area contributed by atoms with Crippen LogP contribution in [0.25, 0.3) is 10.8 Å². The SMILES string of the molecule is CN(C)c1nccnc1N1CC[C@@H](c2ccc3ccccc3c2)[C@H](O)C1. The topological polar surface area (TPSA) is 52.5 Å². The summed E-state index contributed by atoms with van der Waals surface area (Å²) in [5.74, 6) is 1.83. The first-order chi connectivity index (χ1) is 12.6. The first-order valence-corrected chi connectivity index (χ1v) is 9.03. The van der Waals surface area contributed by atoms with Gasteiger partial charge in [0.1, 0.15) is 0 Å². The summed E-state index contributed by atoms with van der Waals surface area (Å²) in [5, 5.41) is 13.3. The van der Waals surface area contributed by atoms with Crippen molar-refractivity contribution in [2.24, 2.45) is 0 Å². The molecule has 1 aliphatic heterocycles. The van der Waals surface area contributed by atoms with Crippen LogP contribution in [-0.4, -0.2) is 48.4 Å². The van der Waals surface area contributed by atoms with Crippen molar-refractivity contribution in [3.8, 4) is 0 Å². The summed E-state index contributed by atoms with van der Waals surface area (Å²) in [6.07, 6.45) is 3.88. The highest BCUT2D eigenvalue weighted by Crippen LogP contribution is 2.33. The summed E-state index contributed by atoms with van der Waals surface area (Å²) >= 11 is 0. The third-order valence-electron chi connectivity index (χ3n) is 5.17. The number of fused-ring (bicyclic) bond motifs is 1. The Morgan fingerprint density at radius 1 is 1.04 bits per heavy atom. The smallest absolute Gasteiger partial charge is 0.172 e. The molecule has 1 saturated heterocycles. The lowest BCUT2D eigenvalue weighted by molar-refractivity contribution is 0.129. The van der Waals surface area contributed by atoms with Crippen LogP contribution in [0.15, 0.2) is 54.9 Å². The summed E-state index contributed by atoms with van der Waals surface area (Å²) in [4.78, 5) is 13.0. The van der Waals surface area contributed by atoms with Crippen LogP contribution in [0, 0.1) is 0 Å². The molecule has 4 rings (SSSR count). The predicted octanol–water partition coefficient (Wildman–Crippen LogP) is 3.05. The molecule has 1 aromatic heterocycles. The number of piperidine rings is 1. The van der Waals surface area contributed by atoms with E-state index in [1.807, 2.05) is 19.0 Å². The molecule has 2 aromatic carbocycles. The third kappa shape index (κ3) is 3.10. The zero-order valence-corrected chi connectivity index (χ0v) is 15.2. The van der Waals surface area contributed by atoms with Gasteiger partial charge in [0.05, 0.1) is 6.10 Å². The van der Waals surface area contributed by atoms with Crippen LogP contribution >= 0.6 is 0 Å². The molecule has 1 N–H and O–H groups in total. The minimum atomic E-state index is -0.429. The van der Waals surface area contributed by atoms with E-state index in [-0.39, 0.29) is 5.92 Å². The normalized spacial score (nSPS) is 20.3. The Morgan fingerprint density at radius 2 is 1.81 bits per heavy atom. The number of hydrogen-bond donors (Lipinski definition) is 1. The monoisotopic (exact) mass is 348 g/mol. The number of aromatic nitrogens is 2. The fraction of sp³-hybridized carbons (Fsp3) is 0.333. The first-order valence-electron chi connectivity index (χ1n) is 9.03. The van der Waals surface area contributed by atoms with E-state index >= 15 is 0 Å². The van der Waals surface area contributed by atoms with Crippen LogP contribution in [-0.2, 0) is 0 Å². The highest BCUT2D eigenvalue weighted by atomic mass is 16.3. The molecular formula is C21H24N4O. The Hall–Kier alpha value is -2.66. The minimum Gasteiger partial charge on any atom is -0.391 e. The van der Waals surface area contributed by atoms with Crippen LogP contribution in [0.5, 0.6) is 0 Å². The van der Waals surface area contributed by atoms with Gasteiger partial charge in [0.25, 0.3) is 0 Å². The average Bonchev–Trinajstić information content (AvgIpc) is 2.67. The van der Waals surface area contributed by atoms with Crippen molar-refractivity contribution in [3.63, 3.8) is 0 Å². The lowest BCUT2D eigenvalue weighted by Gasteiger charge is -2.37. The van der Waals surface area contributed by atoms with Gasteiger partial charge >= 0.3 is 0 Å². The molecule has 1 aliphatic rings. The number of β-amino-alcohol motifs (C(OH)–C–C–N with tert-alkyl or cyclic N) is 1. The van der Waals surface area contributed by atoms with Crippen molar-refractivity contribution in [1.29, 1.82) is 0 Å². The molecule has 3 aromatic rings. The standard InChI is InChI=1S/C21H24N4O/c1-24(2)20-21(23-11-10-22-20)25-12-9-18(19(26)14-25)17-8-7-15-5-3-4-6-16(15)13-17/h3-8,10-11,13,18-19,26H,9,12,14H2,1-2H3/t18-,19+/m0/s1. The number of aliphatic hydroxyl groups is 1. The van der Waals surface area contributed by atoms with Gasteiger partial charge in [-0.05, 0) is 22.8 Å². The van der Waals surface area contributed by atoms with Gasteiger partial charge in [-0.15, -0.1) is 0 Å². The molecular weight excluding hydrogens is 324 g/mol. The maximum atomic E-state index is 10.9. The molecule has 2 heterocycles. The fourth-order valence-corrected chi connectivity index (χ4v) is 3.81. The van der Waals surface area contributed by atoms with Gasteiger partial charge in [0.2, 0.25) is 0 Å². The molecule has 0 spiro atoms. The number of anilines is 2. The van der Waals surface area contributed by atoms with Crippen LogP contribution in [0.3, 0.4) is 0 Å². The Balaban J connectivity index is 1.57. The Morgan fingerprint density at radius 3 is 2.58 bits per heavy atom. The maximum Gasteiger partial charge on any atom is 0.172 e. The summed E-state index contributed by atoms with van der Waals surface area (Å²) in [6, 6.07) is 14.9. The number of aliphatic hydroxyl groups excluding tert-OH is 1. The third-order valence-corrected chi connectivity index (χ3v) is 5.17. The fourth-order valence-electron chi connectivity index (χ4n) is 3.81. The lowest BCUT2D eigenvalue weighted by atomic mass is 9.86. The predicted molar refractivity (Wildman–Crippen MR) is 106 cm³/mol. The number of hydrogen-bond acceptors (Lipinski definition) is 5. The largest absolute Gasteiger partial charge is 0.391 e. The lowest BCUT2D eigenvalue weighted by Crippen LogP contribution is -2.43. The van der Waals surface area contributed by atoms with Gasteiger partial charge in [-0.3, -0.25) is 0 Å². The van der Waals surface area contributed by atoms with Crippen LogP contribution in [0.1, 0.15) is 17.9 Å². The van der Waals surface area contributed by atoms with Gasteiger partial charge in [-0.2, -0.15) is 0 Å². The van der Waals surface area contributed by atoms with Crippen molar-refractivity contribution >= 4 is 22.4 Å². The number of nitrogens with zero attached hydrogens (tertiary/aromatic N) is 4. The molecule has 5 heteroatoms. The van der Waals surface area contributed by atoms with Crippen molar-refractivity contribution in [3.05, 3.63) is 60.4 Å². The zero-order valence-electron chi connectivity index (χ0n) is 15.2. The molecule has 0 aliphatic carbocycles. The quantitative estimate of drug-likeness (QED) is 0.788. The molecule has 0 unspecified atom stereocenters. The second-order valence-corrected chi connectivity index (χ2v) is 7.11. The highest BCUT2D eigenvalue weighted by molar-refractivity contribution is 5.83. The second kappa shape index (κ2) is 6.92. The molecule has 0 bridgehead atoms. The van der Waals surface area contributed by atoms with Crippen molar-refractivity contribution in [1.82, 2.24) is 9.97 Å². The Bertz CT molecular complexity index is 911. The summed E-state index contributed by atoms with van der Waals surface area (Å²) in [5.41, 5.74) is 1.21. The maximum absolute atomic E-state index is 10.9. The molecule has 134 valence electrons. The highest BCUT2D eigenvalue weighted by Gasteiger charge is 2.31. The number of benzene rings is 2. The molecule has 2 atom stereocenters. The minimum absolute atomic E-state index is 0.148. The van der Waals surface area contributed by atoms with E-state index in [4.69, 9.17) is 0 Å². The van der Waals surface area contributed by atoms with Crippen molar-refractivity contribution < 1.29 is 5.11 Å². The van der Waals surface area contributed by atoms with E-state index in [9.17, 15) is 5.11 Å². The second-order valence-electron chi connectivity index (χ2n) is 7.11. The van der Waals surface area contributed by atoms with Crippen LogP contribution < -0.4 is 9.80 Å².